The minimum Gasteiger partial charge on any atom is -0.270 e. The predicted octanol–water partition coefficient (Wildman–Crippen LogP) is 0.679. The Hall–Kier alpha value is -2.02. The van der Waals surface area contributed by atoms with Gasteiger partial charge in [0.05, 0.1) is 20.9 Å². The lowest BCUT2D eigenvalue weighted by Gasteiger charge is -2.26. The second-order valence-corrected chi connectivity index (χ2v) is 7.43. The zero-order valence-corrected chi connectivity index (χ0v) is 11.6. The van der Waals surface area contributed by atoms with Crippen molar-refractivity contribution in [3.8, 4) is 0 Å². The third-order valence-corrected chi connectivity index (χ3v) is 5.03. The second kappa shape index (κ2) is 4.24. The Morgan fingerprint density at radius 2 is 1.70 bits per heavy atom. The average molecular weight is 292 g/mol. The predicted molar refractivity (Wildman–Crippen MR) is 71.7 cm³/mol. The maximum absolute atomic E-state index is 12.3. The Balaban J connectivity index is 2.01. The molecule has 0 N–H and O–H groups in total. The molecule has 0 radical (unpaired) electrons. The van der Waals surface area contributed by atoms with Crippen LogP contribution in [0.4, 0.5) is 0 Å². The van der Waals surface area contributed by atoms with Crippen molar-refractivity contribution < 1.29 is 18.6 Å². The van der Waals surface area contributed by atoms with Crippen LogP contribution >= 0.6 is 0 Å². The summed E-state index contributed by atoms with van der Waals surface area (Å²) in [6, 6.07) is 5.52. The van der Waals surface area contributed by atoms with Crippen molar-refractivity contribution in [1.29, 1.82) is 0 Å². The molecule has 20 heavy (non-hydrogen) atoms. The molecule has 3 amide bonds. The molecular weight excluding hydrogens is 280 g/mol. The first-order valence-electron chi connectivity index (χ1n) is 6.11. The molecule has 0 saturated heterocycles. The van der Waals surface area contributed by atoms with E-state index in [0.717, 1.165) is 4.90 Å². The molecular formula is C13H12N2O4S. The van der Waals surface area contributed by atoms with Crippen LogP contribution in [0.15, 0.2) is 28.6 Å². The molecule has 2 aliphatic rings. The highest BCUT2D eigenvalue weighted by molar-refractivity contribution is 7.93. The Labute approximate surface area is 115 Å². The Morgan fingerprint density at radius 1 is 1.15 bits per heavy atom. The molecule has 0 aliphatic carbocycles. The van der Waals surface area contributed by atoms with Crippen molar-refractivity contribution in [2.45, 2.75) is 12.5 Å². The van der Waals surface area contributed by atoms with E-state index >= 15 is 0 Å². The van der Waals surface area contributed by atoms with Crippen molar-refractivity contribution in [2.75, 3.05) is 12.0 Å². The number of carbonyl (C=O) groups excluding carboxylic acids is 3. The Kier molecular flexibility index (Phi) is 2.75. The van der Waals surface area contributed by atoms with E-state index in [1.807, 2.05) is 0 Å². The van der Waals surface area contributed by atoms with Gasteiger partial charge in [-0.3, -0.25) is 19.3 Å². The number of carbonyl (C=O) groups is 3. The first-order chi connectivity index (χ1) is 9.41. The van der Waals surface area contributed by atoms with Crippen LogP contribution in [0, 0.1) is 0 Å². The van der Waals surface area contributed by atoms with E-state index in [4.69, 9.17) is 0 Å². The van der Waals surface area contributed by atoms with E-state index in [9.17, 15) is 18.6 Å². The average Bonchev–Trinajstić information content (AvgIpc) is 2.63. The number of amides is 3. The molecule has 7 heteroatoms. The van der Waals surface area contributed by atoms with Gasteiger partial charge in [0.25, 0.3) is 17.7 Å². The maximum atomic E-state index is 12.3. The molecule has 2 heterocycles. The third-order valence-electron chi connectivity index (χ3n) is 3.48. The summed E-state index contributed by atoms with van der Waals surface area (Å²) >= 11 is 0. The fourth-order valence-corrected chi connectivity index (χ4v) is 3.74. The minimum atomic E-state index is -2.52. The van der Waals surface area contributed by atoms with Crippen LogP contribution in [0.2, 0.25) is 0 Å². The fourth-order valence-electron chi connectivity index (χ4n) is 2.48. The normalized spacial score (nSPS) is 29.4. The van der Waals surface area contributed by atoms with Crippen molar-refractivity contribution >= 4 is 27.5 Å². The van der Waals surface area contributed by atoms with E-state index in [-0.39, 0.29) is 12.2 Å². The third kappa shape index (κ3) is 1.85. The summed E-state index contributed by atoms with van der Waals surface area (Å²) in [5.74, 6) is -1.41. The molecule has 2 atom stereocenters. The summed E-state index contributed by atoms with van der Waals surface area (Å²) in [4.78, 5) is 37.4. The van der Waals surface area contributed by atoms with Crippen molar-refractivity contribution in [3.63, 3.8) is 0 Å². The molecule has 0 aromatic heterocycles. The van der Waals surface area contributed by atoms with Crippen LogP contribution < -0.4 is 0 Å². The summed E-state index contributed by atoms with van der Waals surface area (Å²) in [6.45, 7) is 0. The summed E-state index contributed by atoms with van der Waals surface area (Å²) in [5.41, 5.74) is 0.598. The van der Waals surface area contributed by atoms with Crippen LogP contribution in [-0.2, 0) is 14.5 Å². The molecule has 0 spiro atoms. The van der Waals surface area contributed by atoms with Gasteiger partial charge in [0, 0.05) is 12.0 Å². The van der Waals surface area contributed by atoms with Crippen LogP contribution in [-0.4, -0.2) is 44.9 Å². The van der Waals surface area contributed by atoms with Gasteiger partial charge < -0.3 is 0 Å². The lowest BCUT2D eigenvalue weighted by atomic mass is 10.1. The van der Waals surface area contributed by atoms with Crippen molar-refractivity contribution in [1.82, 2.24) is 4.90 Å². The molecule has 0 unspecified atom stereocenters. The summed E-state index contributed by atoms with van der Waals surface area (Å²) in [6.07, 6.45) is 1.60. The summed E-state index contributed by atoms with van der Waals surface area (Å²) < 4.78 is 15.4. The molecule has 1 aromatic rings. The van der Waals surface area contributed by atoms with E-state index in [1.54, 1.807) is 24.3 Å². The fraction of sp³-hybridized carbons (Fsp3) is 0.308. The highest BCUT2D eigenvalue weighted by Gasteiger charge is 2.44. The number of benzene rings is 1. The van der Waals surface area contributed by atoms with Gasteiger partial charge in [0.2, 0.25) is 0 Å². The van der Waals surface area contributed by atoms with Gasteiger partial charge in [0.15, 0.2) is 0 Å². The molecule has 6 nitrogen and oxygen atoms in total. The number of rotatable bonds is 1. The van der Waals surface area contributed by atoms with Crippen LogP contribution in [0.5, 0.6) is 0 Å². The first-order valence-corrected chi connectivity index (χ1v) is 8.20. The van der Waals surface area contributed by atoms with Gasteiger partial charge in [-0.2, -0.15) is 4.36 Å². The van der Waals surface area contributed by atoms with E-state index in [2.05, 4.69) is 4.36 Å². The number of hydrogen-bond acceptors (Lipinski definition) is 4. The largest absolute Gasteiger partial charge is 0.277 e. The van der Waals surface area contributed by atoms with Crippen LogP contribution in [0.1, 0.15) is 27.1 Å². The van der Waals surface area contributed by atoms with E-state index in [1.165, 1.54) is 6.26 Å². The summed E-state index contributed by atoms with van der Waals surface area (Å²) in [7, 11) is -2.52. The molecule has 0 saturated carbocycles. The highest BCUT2D eigenvalue weighted by atomic mass is 32.2. The molecule has 3 rings (SSSR count). The molecule has 2 aliphatic heterocycles. The second-order valence-electron chi connectivity index (χ2n) is 4.92. The van der Waals surface area contributed by atoms with Crippen molar-refractivity contribution in [3.05, 3.63) is 35.4 Å². The molecule has 0 fully saturated rings. The zero-order valence-electron chi connectivity index (χ0n) is 10.7. The maximum Gasteiger partial charge on any atom is 0.277 e. The topological polar surface area (TPSA) is 83.9 Å². The van der Waals surface area contributed by atoms with Crippen molar-refractivity contribution in [2.24, 2.45) is 4.36 Å². The van der Waals surface area contributed by atoms with Gasteiger partial charge in [0.1, 0.15) is 6.04 Å². The van der Waals surface area contributed by atoms with Gasteiger partial charge in [-0.1, -0.05) is 12.1 Å². The number of hydrogen-bond donors (Lipinski definition) is 0. The van der Waals surface area contributed by atoms with Crippen LogP contribution in [0.3, 0.4) is 0 Å². The van der Waals surface area contributed by atoms with Gasteiger partial charge >= 0.3 is 0 Å². The van der Waals surface area contributed by atoms with Gasteiger partial charge in [-0.05, 0) is 18.6 Å². The lowest BCUT2D eigenvalue weighted by molar-refractivity contribution is -0.121. The highest BCUT2D eigenvalue weighted by Crippen LogP contribution is 2.27. The van der Waals surface area contributed by atoms with Crippen LogP contribution in [0.25, 0.3) is 0 Å². The van der Waals surface area contributed by atoms with Gasteiger partial charge in [-0.15, -0.1) is 0 Å². The smallest absolute Gasteiger partial charge is 0.270 e. The SMILES string of the molecule is C[S@]1(=O)=NC(=O)[C@H](N2C(=O)c3ccccc3C2=O)CC1. The van der Waals surface area contributed by atoms with E-state index in [0.29, 0.717) is 11.1 Å². The van der Waals surface area contributed by atoms with Gasteiger partial charge in [-0.25, -0.2) is 4.21 Å². The Morgan fingerprint density at radius 3 is 2.20 bits per heavy atom. The van der Waals surface area contributed by atoms with E-state index < -0.39 is 33.5 Å². The zero-order chi connectivity index (χ0) is 14.5. The Bertz CT molecular complexity index is 726. The number of imide groups is 1. The quantitative estimate of drug-likeness (QED) is 0.712. The first kappa shape index (κ1) is 13.0. The molecule has 0 bridgehead atoms. The standard InChI is InChI=1S/C13H12N2O4S/c1-20(19)7-6-10(11(16)14-20)15-12(17)8-4-2-3-5-9(8)13(15)18/h2-5,10H,6-7H2,1H3/t10-,20-/m1/s1. The monoisotopic (exact) mass is 292 g/mol. The lowest BCUT2D eigenvalue weighted by Crippen LogP contribution is -2.47. The number of nitrogens with zero attached hydrogens (tertiary/aromatic N) is 2. The molecule has 1 aromatic carbocycles. The minimum absolute atomic E-state index is 0.198. The molecule has 104 valence electrons. The number of fused-ring (bicyclic) bond motifs is 1. The summed E-state index contributed by atoms with van der Waals surface area (Å²) in [5, 5.41) is 0.